The fraction of sp³-hybridized carbons (Fsp3) is 0.353. The first-order chi connectivity index (χ1) is 8.59. The van der Waals surface area contributed by atoms with Crippen LogP contribution in [-0.2, 0) is 5.41 Å². The fourth-order valence-electron chi connectivity index (χ4n) is 3.73. The molecule has 1 aromatic carbocycles. The molecule has 1 fully saturated rings. The van der Waals surface area contributed by atoms with E-state index in [-0.39, 0.29) is 0 Å². The van der Waals surface area contributed by atoms with Gasteiger partial charge in [0.05, 0.1) is 5.52 Å². The molecule has 2 aliphatic carbocycles. The number of allylic oxidation sites excluding steroid dienone is 1. The van der Waals surface area contributed by atoms with Gasteiger partial charge in [-0.3, -0.25) is 4.98 Å². The van der Waals surface area contributed by atoms with Gasteiger partial charge in [0.2, 0.25) is 0 Å². The minimum absolute atomic E-state index is 0.366. The molecule has 4 rings (SSSR count). The maximum absolute atomic E-state index is 4.67. The second kappa shape index (κ2) is 3.03. The highest BCUT2D eigenvalue weighted by molar-refractivity contribution is 5.89. The van der Waals surface area contributed by atoms with Crippen LogP contribution >= 0.6 is 0 Å². The third-order valence-electron chi connectivity index (χ3n) is 4.78. The zero-order valence-electron chi connectivity index (χ0n) is 11.1. The first-order valence-corrected chi connectivity index (χ1v) is 6.69. The van der Waals surface area contributed by atoms with E-state index in [1.807, 2.05) is 0 Å². The Balaban J connectivity index is 2.12. The standard InChI is InChI=1S/C17H17N/c1-10-8-12-5-7-15-13(6-4-11(2)18-15)16(12)17(3)9-14(10)17/h4-8,14H,9H2,1-3H3. The molecule has 0 aliphatic heterocycles. The van der Waals surface area contributed by atoms with Crippen LogP contribution < -0.4 is 0 Å². The molecule has 0 bridgehead atoms. The van der Waals surface area contributed by atoms with Crippen LogP contribution in [0.4, 0.5) is 0 Å². The van der Waals surface area contributed by atoms with Gasteiger partial charge >= 0.3 is 0 Å². The zero-order chi connectivity index (χ0) is 12.5. The molecule has 0 N–H and O–H groups in total. The van der Waals surface area contributed by atoms with Gasteiger partial charge in [-0.15, -0.1) is 0 Å². The second-order valence-electron chi connectivity index (χ2n) is 6.11. The lowest BCUT2D eigenvalue weighted by Gasteiger charge is -2.23. The summed E-state index contributed by atoms with van der Waals surface area (Å²) in [4.78, 5) is 4.67. The van der Waals surface area contributed by atoms with E-state index in [1.54, 1.807) is 5.57 Å². The summed E-state index contributed by atoms with van der Waals surface area (Å²) in [7, 11) is 0. The van der Waals surface area contributed by atoms with Crippen LogP contribution in [0.2, 0.25) is 0 Å². The third kappa shape index (κ3) is 1.14. The van der Waals surface area contributed by atoms with Crippen LogP contribution in [0.5, 0.6) is 0 Å². The van der Waals surface area contributed by atoms with Crippen LogP contribution in [0.15, 0.2) is 29.8 Å². The average molecular weight is 235 g/mol. The van der Waals surface area contributed by atoms with Crippen LogP contribution in [0.25, 0.3) is 17.0 Å². The van der Waals surface area contributed by atoms with Crippen molar-refractivity contribution >= 4 is 17.0 Å². The van der Waals surface area contributed by atoms with E-state index in [4.69, 9.17) is 0 Å². The molecule has 1 saturated carbocycles. The smallest absolute Gasteiger partial charge is 0.0708 e. The maximum atomic E-state index is 4.67. The van der Waals surface area contributed by atoms with E-state index in [0.717, 1.165) is 17.1 Å². The third-order valence-corrected chi connectivity index (χ3v) is 4.78. The molecule has 0 radical (unpaired) electrons. The monoisotopic (exact) mass is 235 g/mol. The lowest BCUT2D eigenvalue weighted by molar-refractivity contribution is 0.714. The first kappa shape index (κ1) is 10.3. The number of hydrogen-bond donors (Lipinski definition) is 0. The molecule has 2 aromatic rings. The van der Waals surface area contributed by atoms with Crippen molar-refractivity contribution in [1.29, 1.82) is 0 Å². The predicted octanol–water partition coefficient (Wildman–Crippen LogP) is 4.24. The summed E-state index contributed by atoms with van der Waals surface area (Å²) in [5.74, 6) is 0.761. The largest absolute Gasteiger partial charge is 0.253 e. The van der Waals surface area contributed by atoms with Gasteiger partial charge in [0, 0.05) is 16.5 Å². The highest BCUT2D eigenvalue weighted by Crippen LogP contribution is 2.62. The van der Waals surface area contributed by atoms with Gasteiger partial charge in [-0.1, -0.05) is 30.7 Å². The van der Waals surface area contributed by atoms with Crippen molar-refractivity contribution in [1.82, 2.24) is 4.98 Å². The summed E-state index contributed by atoms with van der Waals surface area (Å²) in [6.45, 7) is 6.74. The van der Waals surface area contributed by atoms with Crippen LogP contribution in [0, 0.1) is 12.8 Å². The van der Waals surface area contributed by atoms with E-state index in [1.165, 1.54) is 22.9 Å². The first-order valence-electron chi connectivity index (χ1n) is 6.69. The van der Waals surface area contributed by atoms with Crippen LogP contribution in [0.1, 0.15) is 37.1 Å². The van der Waals surface area contributed by atoms with Gasteiger partial charge in [-0.2, -0.15) is 0 Å². The average Bonchev–Trinajstić information content (AvgIpc) is 3.03. The number of nitrogens with zero attached hydrogens (tertiary/aromatic N) is 1. The molecular formula is C17H17N. The number of fused-ring (bicyclic) bond motifs is 5. The van der Waals surface area contributed by atoms with E-state index in [2.05, 4.69) is 56.1 Å². The molecule has 18 heavy (non-hydrogen) atoms. The lowest BCUT2D eigenvalue weighted by atomic mass is 9.82. The van der Waals surface area contributed by atoms with Crippen molar-refractivity contribution in [3.8, 4) is 0 Å². The predicted molar refractivity (Wildman–Crippen MR) is 75.6 cm³/mol. The Bertz CT molecular complexity index is 711. The fourth-order valence-corrected chi connectivity index (χ4v) is 3.73. The summed E-state index contributed by atoms with van der Waals surface area (Å²) >= 11 is 0. The second-order valence-corrected chi connectivity index (χ2v) is 6.11. The topological polar surface area (TPSA) is 12.9 Å². The quantitative estimate of drug-likeness (QED) is 0.665. The van der Waals surface area contributed by atoms with E-state index >= 15 is 0 Å². The summed E-state index contributed by atoms with van der Waals surface area (Å²) < 4.78 is 0. The van der Waals surface area contributed by atoms with E-state index in [0.29, 0.717) is 5.41 Å². The number of benzene rings is 1. The van der Waals surface area contributed by atoms with Crippen LogP contribution in [0.3, 0.4) is 0 Å². The summed E-state index contributed by atoms with van der Waals surface area (Å²) in [5.41, 5.74) is 7.09. The maximum Gasteiger partial charge on any atom is 0.0708 e. The van der Waals surface area contributed by atoms with Crippen molar-refractivity contribution < 1.29 is 0 Å². The summed E-state index contributed by atoms with van der Waals surface area (Å²) in [6, 6.07) is 8.80. The molecule has 1 heteroatoms. The van der Waals surface area contributed by atoms with Crippen molar-refractivity contribution in [2.75, 3.05) is 0 Å². The molecule has 2 atom stereocenters. The van der Waals surface area contributed by atoms with Crippen molar-refractivity contribution in [2.24, 2.45) is 5.92 Å². The van der Waals surface area contributed by atoms with Crippen molar-refractivity contribution in [3.05, 3.63) is 46.7 Å². The SMILES string of the molecule is CC1=Cc2ccc3nc(C)ccc3c2C2(C)CC12. The molecule has 90 valence electrons. The minimum atomic E-state index is 0.366. The van der Waals surface area contributed by atoms with Crippen LogP contribution in [-0.4, -0.2) is 4.98 Å². The summed E-state index contributed by atoms with van der Waals surface area (Å²) in [6.07, 6.45) is 3.67. The normalized spacial score (nSPS) is 28.6. The van der Waals surface area contributed by atoms with E-state index in [9.17, 15) is 0 Å². The molecule has 1 nitrogen and oxygen atoms in total. The Hall–Kier alpha value is -1.63. The van der Waals surface area contributed by atoms with Gasteiger partial charge in [-0.05, 0) is 49.4 Å². The van der Waals surface area contributed by atoms with Gasteiger partial charge < -0.3 is 0 Å². The van der Waals surface area contributed by atoms with Crippen molar-refractivity contribution in [3.63, 3.8) is 0 Å². The Morgan fingerprint density at radius 2 is 2.00 bits per heavy atom. The van der Waals surface area contributed by atoms with Gasteiger partial charge in [0.25, 0.3) is 0 Å². The highest BCUT2D eigenvalue weighted by Gasteiger charge is 2.55. The zero-order valence-corrected chi connectivity index (χ0v) is 11.1. The van der Waals surface area contributed by atoms with Gasteiger partial charge in [0.15, 0.2) is 0 Å². The Labute approximate surface area is 108 Å². The molecular weight excluding hydrogens is 218 g/mol. The summed E-state index contributed by atoms with van der Waals surface area (Å²) in [5, 5.41) is 1.35. The number of aromatic nitrogens is 1. The Morgan fingerprint density at radius 1 is 1.17 bits per heavy atom. The lowest BCUT2D eigenvalue weighted by Crippen LogP contribution is -2.12. The minimum Gasteiger partial charge on any atom is -0.253 e. The Kier molecular flexibility index (Phi) is 1.73. The van der Waals surface area contributed by atoms with Gasteiger partial charge in [0.1, 0.15) is 0 Å². The molecule has 2 unspecified atom stereocenters. The number of hydrogen-bond acceptors (Lipinski definition) is 1. The number of pyridine rings is 1. The highest BCUT2D eigenvalue weighted by atomic mass is 14.7. The van der Waals surface area contributed by atoms with Crippen molar-refractivity contribution in [2.45, 2.75) is 32.6 Å². The molecule has 0 saturated heterocycles. The number of rotatable bonds is 0. The Morgan fingerprint density at radius 3 is 2.83 bits per heavy atom. The number of aryl methyl sites for hydroxylation is 1. The van der Waals surface area contributed by atoms with Gasteiger partial charge in [-0.25, -0.2) is 0 Å². The molecule has 2 aliphatic rings. The molecule has 0 spiro atoms. The molecule has 1 aromatic heterocycles. The molecule has 1 heterocycles. The van der Waals surface area contributed by atoms with E-state index < -0.39 is 0 Å². The molecule has 0 amide bonds.